The van der Waals surface area contributed by atoms with Crippen molar-refractivity contribution in [2.75, 3.05) is 18.4 Å². The van der Waals surface area contributed by atoms with Crippen molar-refractivity contribution in [2.24, 2.45) is 4.99 Å². The molecule has 2 aliphatic rings. The molecule has 1 aromatic heterocycles. The highest BCUT2D eigenvalue weighted by molar-refractivity contribution is 8.15. The second kappa shape index (κ2) is 10.2. The molecule has 0 saturated carbocycles. The number of carbonyl (C=O) groups is 3. The summed E-state index contributed by atoms with van der Waals surface area (Å²) in [5.74, 6) is -0.496. The molecule has 1 saturated heterocycles. The molecule has 1 aromatic carbocycles. The van der Waals surface area contributed by atoms with E-state index in [2.05, 4.69) is 20.4 Å². The quantitative estimate of drug-likeness (QED) is 0.639. The summed E-state index contributed by atoms with van der Waals surface area (Å²) in [4.78, 5) is 43.6. The third-order valence-corrected chi connectivity index (χ3v) is 6.85. The number of likely N-dealkylation sites (tertiary alicyclic amines) is 1. The normalized spacial score (nSPS) is 18.2. The first-order valence-electron chi connectivity index (χ1n) is 10.9. The van der Waals surface area contributed by atoms with E-state index in [1.54, 1.807) is 38.1 Å². The minimum Gasteiger partial charge on any atom is -0.457 e. The number of nitrogens with zero attached hydrogens (tertiary/aromatic N) is 3. The van der Waals surface area contributed by atoms with E-state index >= 15 is 0 Å². The number of aliphatic imine (C=N–C) groups is 1. The summed E-state index contributed by atoms with van der Waals surface area (Å²) in [6.45, 7) is 5.39. The monoisotopic (exact) mass is 470 g/mol. The van der Waals surface area contributed by atoms with E-state index in [0.29, 0.717) is 22.7 Å². The van der Waals surface area contributed by atoms with Gasteiger partial charge in [-0.25, -0.2) is 4.79 Å². The van der Waals surface area contributed by atoms with Crippen LogP contribution in [0.1, 0.15) is 53.1 Å². The van der Waals surface area contributed by atoms with Crippen LogP contribution in [0.5, 0.6) is 0 Å². The zero-order chi connectivity index (χ0) is 23.4. The molecule has 0 radical (unpaired) electrons. The van der Waals surface area contributed by atoms with Gasteiger partial charge in [0, 0.05) is 25.2 Å². The highest BCUT2D eigenvalue weighted by Crippen LogP contribution is 2.29. The van der Waals surface area contributed by atoms with Gasteiger partial charge in [0.2, 0.25) is 5.91 Å². The van der Waals surface area contributed by atoms with Crippen LogP contribution in [0.3, 0.4) is 0 Å². The molecule has 2 aromatic rings. The zero-order valence-electron chi connectivity index (χ0n) is 18.6. The number of thioether (sulfide) groups is 1. The SMILES string of the molecule is Cc1noc(C)c1COC(=O)c1cccc(NC(=O)C[C@@H]2SC(N3CCCCC3)=NC2=O)c1. The van der Waals surface area contributed by atoms with Crippen molar-refractivity contribution < 1.29 is 23.6 Å². The molecule has 0 spiro atoms. The summed E-state index contributed by atoms with van der Waals surface area (Å²) in [6.07, 6.45) is 3.40. The van der Waals surface area contributed by atoms with Gasteiger partial charge >= 0.3 is 5.97 Å². The van der Waals surface area contributed by atoms with E-state index in [0.717, 1.165) is 36.7 Å². The minimum atomic E-state index is -0.523. The largest absolute Gasteiger partial charge is 0.457 e. The number of ether oxygens (including phenoxy) is 1. The Labute approximate surface area is 195 Å². The standard InChI is InChI=1S/C23H26N4O5S/c1-14-18(15(2)32-26-14)13-31-22(30)16-7-6-8-17(11-16)24-20(28)12-19-21(29)25-23(33-19)27-9-4-3-5-10-27/h6-8,11,19H,3-5,9-10,12-13H2,1-2H3,(H,24,28)/t19-/m0/s1. The molecule has 2 amide bonds. The average molecular weight is 471 g/mol. The molecular formula is C23H26N4O5S. The van der Waals surface area contributed by atoms with Crippen LogP contribution in [0.15, 0.2) is 33.8 Å². The Morgan fingerprint density at radius 3 is 2.76 bits per heavy atom. The maximum absolute atomic E-state index is 12.6. The second-order valence-corrected chi connectivity index (χ2v) is 9.27. The lowest BCUT2D eigenvalue weighted by atomic mass is 10.1. The van der Waals surface area contributed by atoms with Crippen molar-refractivity contribution in [3.05, 3.63) is 46.8 Å². The predicted molar refractivity (Wildman–Crippen MR) is 124 cm³/mol. The predicted octanol–water partition coefficient (Wildman–Crippen LogP) is 3.46. The van der Waals surface area contributed by atoms with Gasteiger partial charge in [0.1, 0.15) is 17.6 Å². The Bertz CT molecular complexity index is 1070. The van der Waals surface area contributed by atoms with Gasteiger partial charge in [-0.05, 0) is 51.3 Å². The Balaban J connectivity index is 1.30. The molecule has 0 bridgehead atoms. The van der Waals surface area contributed by atoms with E-state index in [-0.39, 0.29) is 24.8 Å². The van der Waals surface area contributed by atoms with Crippen LogP contribution >= 0.6 is 11.8 Å². The molecule has 174 valence electrons. The lowest BCUT2D eigenvalue weighted by Gasteiger charge is -2.27. The van der Waals surface area contributed by atoms with Gasteiger partial charge in [0.15, 0.2) is 5.17 Å². The molecule has 2 aliphatic heterocycles. The Kier molecular flexibility index (Phi) is 7.12. The zero-order valence-corrected chi connectivity index (χ0v) is 19.4. The topological polar surface area (TPSA) is 114 Å². The van der Waals surface area contributed by atoms with E-state index in [1.807, 2.05) is 0 Å². The van der Waals surface area contributed by atoms with Gasteiger partial charge < -0.3 is 19.5 Å². The molecule has 33 heavy (non-hydrogen) atoms. The van der Waals surface area contributed by atoms with Crippen LogP contribution < -0.4 is 5.32 Å². The average Bonchev–Trinajstić information content (AvgIpc) is 3.34. The third-order valence-electron chi connectivity index (χ3n) is 5.64. The molecule has 3 heterocycles. The molecule has 9 nitrogen and oxygen atoms in total. The first-order chi connectivity index (χ1) is 15.9. The molecule has 4 rings (SSSR count). The number of carbonyl (C=O) groups excluding carboxylic acids is 3. The number of anilines is 1. The van der Waals surface area contributed by atoms with E-state index in [9.17, 15) is 14.4 Å². The van der Waals surface area contributed by atoms with Gasteiger partial charge in [-0.15, -0.1) is 0 Å². The Morgan fingerprint density at radius 1 is 1.24 bits per heavy atom. The van der Waals surface area contributed by atoms with Crippen molar-refractivity contribution in [1.29, 1.82) is 0 Å². The molecular weight excluding hydrogens is 444 g/mol. The summed E-state index contributed by atoms with van der Waals surface area (Å²) in [5, 5.41) is 6.81. The number of amidine groups is 1. The van der Waals surface area contributed by atoms with Crippen molar-refractivity contribution in [3.63, 3.8) is 0 Å². The summed E-state index contributed by atoms with van der Waals surface area (Å²) >= 11 is 1.36. The fourth-order valence-electron chi connectivity index (χ4n) is 3.76. The van der Waals surface area contributed by atoms with Gasteiger partial charge in [0.25, 0.3) is 5.91 Å². The number of nitrogens with one attached hydrogen (secondary N) is 1. The molecule has 1 atom stereocenters. The lowest BCUT2D eigenvalue weighted by Crippen LogP contribution is -2.33. The van der Waals surface area contributed by atoms with Crippen molar-refractivity contribution in [3.8, 4) is 0 Å². The van der Waals surface area contributed by atoms with Crippen LogP contribution in [0, 0.1) is 13.8 Å². The summed E-state index contributed by atoms with van der Waals surface area (Å²) < 4.78 is 10.4. The third kappa shape index (κ3) is 5.62. The molecule has 10 heteroatoms. The lowest BCUT2D eigenvalue weighted by molar-refractivity contribution is -0.121. The number of aromatic nitrogens is 1. The van der Waals surface area contributed by atoms with Crippen LogP contribution in [0.2, 0.25) is 0 Å². The van der Waals surface area contributed by atoms with Crippen molar-refractivity contribution >= 4 is 40.4 Å². The number of benzene rings is 1. The number of hydrogen-bond acceptors (Lipinski definition) is 8. The smallest absolute Gasteiger partial charge is 0.338 e. The number of hydrogen-bond donors (Lipinski definition) is 1. The minimum absolute atomic E-state index is 0.0189. The van der Waals surface area contributed by atoms with Crippen molar-refractivity contribution in [2.45, 2.75) is 51.4 Å². The fraction of sp³-hybridized carbons (Fsp3) is 0.435. The first-order valence-corrected chi connectivity index (χ1v) is 11.8. The molecule has 1 N–H and O–H groups in total. The van der Waals surface area contributed by atoms with Gasteiger partial charge in [-0.1, -0.05) is 23.0 Å². The van der Waals surface area contributed by atoms with E-state index in [1.165, 1.54) is 18.2 Å². The summed E-state index contributed by atoms with van der Waals surface area (Å²) in [7, 11) is 0. The number of aryl methyl sites for hydroxylation is 2. The van der Waals surface area contributed by atoms with Gasteiger partial charge in [0.05, 0.1) is 16.8 Å². The van der Waals surface area contributed by atoms with Crippen LogP contribution in [-0.4, -0.2) is 51.3 Å². The fourth-order valence-corrected chi connectivity index (χ4v) is 4.88. The first kappa shape index (κ1) is 23.0. The highest BCUT2D eigenvalue weighted by Gasteiger charge is 2.33. The van der Waals surface area contributed by atoms with Crippen LogP contribution in [-0.2, 0) is 20.9 Å². The number of rotatable bonds is 6. The van der Waals surface area contributed by atoms with Crippen molar-refractivity contribution in [1.82, 2.24) is 10.1 Å². The maximum atomic E-state index is 12.6. The highest BCUT2D eigenvalue weighted by atomic mass is 32.2. The Hall–Kier alpha value is -3.14. The summed E-state index contributed by atoms with van der Waals surface area (Å²) in [5.41, 5.74) is 2.17. The number of esters is 1. The number of piperidine rings is 1. The van der Waals surface area contributed by atoms with Gasteiger partial charge in [-0.2, -0.15) is 4.99 Å². The summed E-state index contributed by atoms with van der Waals surface area (Å²) in [6, 6.07) is 6.50. The second-order valence-electron chi connectivity index (χ2n) is 8.10. The van der Waals surface area contributed by atoms with Gasteiger partial charge in [-0.3, -0.25) is 9.59 Å². The number of amides is 2. The maximum Gasteiger partial charge on any atom is 0.338 e. The van der Waals surface area contributed by atoms with Crippen LogP contribution in [0.4, 0.5) is 5.69 Å². The van der Waals surface area contributed by atoms with E-state index < -0.39 is 11.2 Å². The van der Waals surface area contributed by atoms with E-state index in [4.69, 9.17) is 9.26 Å². The van der Waals surface area contributed by atoms with Crippen LogP contribution in [0.25, 0.3) is 0 Å². The molecule has 0 unspecified atom stereocenters. The molecule has 1 fully saturated rings. The molecule has 0 aliphatic carbocycles. The Morgan fingerprint density at radius 2 is 2.03 bits per heavy atom.